The van der Waals surface area contributed by atoms with E-state index in [4.69, 9.17) is 4.74 Å². The Morgan fingerprint density at radius 1 is 1.03 bits per heavy atom. The summed E-state index contributed by atoms with van der Waals surface area (Å²) in [6, 6.07) is 7.46. The third-order valence-electron chi connectivity index (χ3n) is 6.95. The molecular formula is C24H29N5O3S. The Hall–Kier alpha value is -2.78. The molecule has 174 valence electrons. The smallest absolute Gasteiger partial charge is 0.232 e. The van der Waals surface area contributed by atoms with Crippen LogP contribution in [-0.4, -0.2) is 58.3 Å². The Labute approximate surface area is 194 Å². The highest BCUT2D eigenvalue weighted by Crippen LogP contribution is 2.43. The monoisotopic (exact) mass is 467 g/mol. The molecule has 0 N–H and O–H groups in total. The summed E-state index contributed by atoms with van der Waals surface area (Å²) < 4.78 is 32.1. The molecule has 0 amide bonds. The number of benzene rings is 1. The standard InChI is InChI=1S/C24H29N5O3S/c1-17-26-9-10-29(17)22-11-19-15-28(14-18-3-5-21(6-4-18)33(2,30)31)16-20(19)12-23(22)32-24-13-25-7-8-27-24/h3-10,13,19-20,22-23H,11-12,14-16H2,1-2H3/t19-,20+,22-,23-/m0/s1. The van der Waals surface area contributed by atoms with Gasteiger partial charge < -0.3 is 9.30 Å². The Bertz CT molecular complexity index is 1200. The van der Waals surface area contributed by atoms with Crippen LogP contribution in [0.15, 0.2) is 60.1 Å². The summed E-state index contributed by atoms with van der Waals surface area (Å²) in [6.07, 6.45) is 12.1. The molecule has 1 saturated heterocycles. The number of fused-ring (bicyclic) bond motifs is 1. The van der Waals surface area contributed by atoms with E-state index in [-0.39, 0.29) is 12.1 Å². The molecule has 8 nitrogen and oxygen atoms in total. The molecule has 3 heterocycles. The van der Waals surface area contributed by atoms with Crippen molar-refractivity contribution in [2.24, 2.45) is 11.8 Å². The molecule has 33 heavy (non-hydrogen) atoms. The first kappa shape index (κ1) is 22.0. The third kappa shape index (κ3) is 4.79. The van der Waals surface area contributed by atoms with Crippen LogP contribution >= 0.6 is 0 Å². The number of aryl methyl sites for hydroxylation is 1. The molecule has 3 aromatic rings. The van der Waals surface area contributed by atoms with Gasteiger partial charge in [0.25, 0.3) is 0 Å². The zero-order valence-corrected chi connectivity index (χ0v) is 19.7. The van der Waals surface area contributed by atoms with Gasteiger partial charge in [0.05, 0.1) is 17.1 Å². The van der Waals surface area contributed by atoms with E-state index in [2.05, 4.69) is 24.4 Å². The van der Waals surface area contributed by atoms with Gasteiger partial charge in [-0.2, -0.15) is 0 Å². The normalized spacial score (nSPS) is 25.6. The van der Waals surface area contributed by atoms with Gasteiger partial charge in [0.15, 0.2) is 9.84 Å². The highest BCUT2D eigenvalue weighted by molar-refractivity contribution is 7.90. The average molecular weight is 468 g/mol. The van der Waals surface area contributed by atoms with Gasteiger partial charge in [-0.25, -0.2) is 18.4 Å². The summed E-state index contributed by atoms with van der Waals surface area (Å²) in [5.41, 5.74) is 1.13. The van der Waals surface area contributed by atoms with E-state index in [1.54, 1.807) is 30.7 Å². The van der Waals surface area contributed by atoms with Crippen LogP contribution in [0.1, 0.15) is 30.3 Å². The van der Waals surface area contributed by atoms with Crippen LogP contribution in [0.25, 0.3) is 0 Å². The summed E-state index contributed by atoms with van der Waals surface area (Å²) in [6.45, 7) is 4.89. The number of sulfone groups is 1. The molecule has 5 rings (SSSR count). The summed E-state index contributed by atoms with van der Waals surface area (Å²) in [5.74, 6) is 2.67. The molecule has 0 bridgehead atoms. The average Bonchev–Trinajstić information content (AvgIpc) is 3.38. The minimum Gasteiger partial charge on any atom is -0.471 e. The highest BCUT2D eigenvalue weighted by Gasteiger charge is 2.44. The van der Waals surface area contributed by atoms with Crippen molar-refractivity contribution in [2.75, 3.05) is 19.3 Å². The fourth-order valence-corrected chi connectivity index (χ4v) is 6.01. The first-order valence-corrected chi connectivity index (χ1v) is 13.2. The molecule has 1 aliphatic carbocycles. The Kier molecular flexibility index (Phi) is 5.92. The summed E-state index contributed by atoms with van der Waals surface area (Å²) >= 11 is 0. The molecule has 9 heteroatoms. The molecule has 2 aliphatic rings. The van der Waals surface area contributed by atoms with Gasteiger partial charge in [-0.1, -0.05) is 12.1 Å². The van der Waals surface area contributed by atoms with Crippen molar-refractivity contribution in [1.29, 1.82) is 0 Å². The van der Waals surface area contributed by atoms with E-state index in [0.717, 1.165) is 43.9 Å². The van der Waals surface area contributed by atoms with E-state index >= 15 is 0 Å². The van der Waals surface area contributed by atoms with E-state index in [1.807, 2.05) is 31.5 Å². The molecule has 1 aliphatic heterocycles. The van der Waals surface area contributed by atoms with Gasteiger partial charge in [0, 0.05) is 50.7 Å². The number of imidazole rings is 1. The van der Waals surface area contributed by atoms with Crippen LogP contribution in [0.4, 0.5) is 0 Å². The van der Waals surface area contributed by atoms with Crippen molar-refractivity contribution < 1.29 is 13.2 Å². The van der Waals surface area contributed by atoms with E-state index in [1.165, 1.54) is 6.26 Å². The first-order chi connectivity index (χ1) is 15.9. The summed E-state index contributed by atoms with van der Waals surface area (Å²) in [7, 11) is -3.17. The molecule has 4 atom stereocenters. The number of nitrogens with zero attached hydrogens (tertiary/aromatic N) is 5. The molecule has 1 saturated carbocycles. The second-order valence-corrected chi connectivity index (χ2v) is 11.3. The predicted molar refractivity (Wildman–Crippen MR) is 123 cm³/mol. The molecule has 1 aromatic carbocycles. The predicted octanol–water partition coefficient (Wildman–Crippen LogP) is 2.92. The number of likely N-dealkylation sites (tertiary alicyclic amines) is 1. The first-order valence-electron chi connectivity index (χ1n) is 11.3. The largest absolute Gasteiger partial charge is 0.471 e. The molecular weight excluding hydrogens is 438 g/mol. The molecule has 0 radical (unpaired) electrons. The van der Waals surface area contributed by atoms with E-state index in [9.17, 15) is 8.42 Å². The minimum atomic E-state index is -3.17. The van der Waals surface area contributed by atoms with Gasteiger partial charge in [-0.3, -0.25) is 9.88 Å². The van der Waals surface area contributed by atoms with Crippen molar-refractivity contribution in [3.8, 4) is 5.88 Å². The lowest BCUT2D eigenvalue weighted by Crippen LogP contribution is -2.40. The fourth-order valence-electron chi connectivity index (χ4n) is 5.38. The third-order valence-corrected chi connectivity index (χ3v) is 8.08. The van der Waals surface area contributed by atoms with Crippen LogP contribution < -0.4 is 4.74 Å². The van der Waals surface area contributed by atoms with Crippen molar-refractivity contribution in [2.45, 2.75) is 43.4 Å². The van der Waals surface area contributed by atoms with Crippen molar-refractivity contribution >= 4 is 9.84 Å². The maximum Gasteiger partial charge on any atom is 0.232 e. The second-order valence-electron chi connectivity index (χ2n) is 9.25. The SMILES string of the molecule is Cc1nccn1[C@H]1C[C@H]2CN(Cc3ccc(S(C)(=O)=O)cc3)C[C@H]2C[C@@H]1Oc1cnccn1. The Balaban J connectivity index is 1.31. The van der Waals surface area contributed by atoms with E-state index < -0.39 is 9.84 Å². The lowest BCUT2D eigenvalue weighted by Gasteiger charge is -2.38. The zero-order valence-electron chi connectivity index (χ0n) is 18.9. The maximum atomic E-state index is 11.7. The summed E-state index contributed by atoms with van der Waals surface area (Å²) in [4.78, 5) is 15.8. The number of rotatable bonds is 6. The molecule has 2 fully saturated rings. The second kappa shape index (κ2) is 8.87. The van der Waals surface area contributed by atoms with Crippen molar-refractivity contribution in [3.05, 3.63) is 66.6 Å². The van der Waals surface area contributed by atoms with Crippen LogP contribution in [0.5, 0.6) is 5.88 Å². The van der Waals surface area contributed by atoms with Gasteiger partial charge >= 0.3 is 0 Å². The van der Waals surface area contributed by atoms with Gasteiger partial charge in [0.1, 0.15) is 11.9 Å². The Morgan fingerprint density at radius 3 is 2.42 bits per heavy atom. The molecule has 2 aromatic heterocycles. The number of hydrogen-bond donors (Lipinski definition) is 0. The fraction of sp³-hybridized carbons (Fsp3) is 0.458. The highest BCUT2D eigenvalue weighted by atomic mass is 32.2. The van der Waals surface area contributed by atoms with E-state index in [0.29, 0.717) is 22.6 Å². The topological polar surface area (TPSA) is 90.2 Å². The lowest BCUT2D eigenvalue weighted by atomic mass is 9.77. The minimum absolute atomic E-state index is 0.00449. The zero-order chi connectivity index (χ0) is 23.0. The number of aromatic nitrogens is 4. The van der Waals surface area contributed by atoms with Gasteiger partial charge in [-0.05, 0) is 49.3 Å². The lowest BCUT2D eigenvalue weighted by molar-refractivity contribution is 0.0501. The molecule has 0 spiro atoms. The van der Waals surface area contributed by atoms with Crippen molar-refractivity contribution in [1.82, 2.24) is 24.4 Å². The molecule has 0 unspecified atom stereocenters. The number of ether oxygens (including phenoxy) is 1. The van der Waals surface area contributed by atoms with Crippen LogP contribution in [0.2, 0.25) is 0 Å². The van der Waals surface area contributed by atoms with Crippen molar-refractivity contribution in [3.63, 3.8) is 0 Å². The van der Waals surface area contributed by atoms with Gasteiger partial charge in [-0.15, -0.1) is 0 Å². The van der Waals surface area contributed by atoms with Crippen LogP contribution in [-0.2, 0) is 16.4 Å². The number of hydrogen-bond acceptors (Lipinski definition) is 7. The maximum absolute atomic E-state index is 11.7. The van der Waals surface area contributed by atoms with Crippen LogP contribution in [0.3, 0.4) is 0 Å². The quantitative estimate of drug-likeness (QED) is 0.551. The Morgan fingerprint density at radius 2 is 1.79 bits per heavy atom. The van der Waals surface area contributed by atoms with Crippen LogP contribution in [0, 0.1) is 18.8 Å². The summed E-state index contributed by atoms with van der Waals surface area (Å²) in [5, 5.41) is 0. The van der Waals surface area contributed by atoms with Gasteiger partial charge in [0.2, 0.25) is 5.88 Å².